The lowest BCUT2D eigenvalue weighted by Crippen LogP contribution is -2.08. The van der Waals surface area contributed by atoms with Gasteiger partial charge >= 0.3 is 12.1 Å². The fourth-order valence-corrected chi connectivity index (χ4v) is 2.17. The highest BCUT2D eigenvalue weighted by molar-refractivity contribution is 14.1. The van der Waals surface area contributed by atoms with Crippen molar-refractivity contribution in [2.75, 3.05) is 0 Å². The number of ether oxygens (including phenoxy) is 2. The van der Waals surface area contributed by atoms with Crippen molar-refractivity contribution in [1.82, 2.24) is 14.8 Å². The minimum absolute atomic E-state index is 0.00490. The van der Waals surface area contributed by atoms with Gasteiger partial charge in [-0.1, -0.05) is 0 Å². The van der Waals surface area contributed by atoms with Crippen LogP contribution in [0.4, 0.5) is 13.2 Å². The fraction of sp³-hybridized carbons (Fsp3) is 0.222. The highest BCUT2D eigenvalue weighted by atomic mass is 127. The van der Waals surface area contributed by atoms with Gasteiger partial charge in [0.2, 0.25) is 3.79 Å². The highest BCUT2D eigenvalue weighted by Crippen LogP contribution is 2.35. The zero-order chi connectivity index (χ0) is 21.6. The summed E-state index contributed by atoms with van der Waals surface area (Å²) in [5.41, 5.74) is -0.932. The van der Waals surface area contributed by atoms with Crippen molar-refractivity contribution in [2.45, 2.75) is 26.1 Å². The Labute approximate surface area is 177 Å². The van der Waals surface area contributed by atoms with Crippen LogP contribution in [0.2, 0.25) is 0 Å². The Balaban J connectivity index is 2.31. The number of benzene rings is 1. The molecule has 0 aliphatic heterocycles. The van der Waals surface area contributed by atoms with E-state index in [1.807, 2.05) is 0 Å². The van der Waals surface area contributed by atoms with E-state index in [1.165, 1.54) is 29.4 Å². The third kappa shape index (κ3) is 7.33. The summed E-state index contributed by atoms with van der Waals surface area (Å²) in [7, 11) is 0. The first kappa shape index (κ1) is 22.6. The van der Waals surface area contributed by atoms with Crippen LogP contribution in [0.15, 0.2) is 42.9 Å². The minimum atomic E-state index is -4.63. The average Bonchev–Trinajstić information content (AvgIpc) is 3.07. The molecule has 0 saturated carbocycles. The van der Waals surface area contributed by atoms with Gasteiger partial charge < -0.3 is 9.47 Å². The molecule has 1 aromatic heterocycles. The second-order valence-electron chi connectivity index (χ2n) is 5.82. The topological polar surface area (TPSA) is 83.3 Å². The van der Waals surface area contributed by atoms with E-state index in [9.17, 15) is 22.8 Å². The van der Waals surface area contributed by atoms with Crippen molar-refractivity contribution in [3.63, 3.8) is 0 Å². The maximum atomic E-state index is 13.2. The van der Waals surface area contributed by atoms with E-state index in [-0.39, 0.29) is 27.0 Å². The van der Waals surface area contributed by atoms with Crippen LogP contribution >= 0.6 is 22.6 Å². The van der Waals surface area contributed by atoms with E-state index in [4.69, 9.17) is 9.47 Å². The summed E-state index contributed by atoms with van der Waals surface area (Å²) in [6.45, 7) is 3.31. The average molecular weight is 521 g/mol. The summed E-state index contributed by atoms with van der Waals surface area (Å²) in [6, 6.07) is 2.95. The van der Waals surface area contributed by atoms with Crippen molar-refractivity contribution in [1.29, 1.82) is 0 Å². The van der Waals surface area contributed by atoms with Gasteiger partial charge in [0, 0.05) is 40.4 Å². The van der Waals surface area contributed by atoms with Crippen LogP contribution in [0.1, 0.15) is 19.4 Å². The van der Waals surface area contributed by atoms with Crippen molar-refractivity contribution < 1.29 is 32.2 Å². The number of esters is 1. The summed E-state index contributed by atoms with van der Waals surface area (Å²) >= 11 is 1.56. The Kier molecular flexibility index (Phi) is 7.53. The second kappa shape index (κ2) is 9.67. The molecule has 0 N–H and O–H groups in total. The first-order chi connectivity index (χ1) is 13.5. The molecule has 0 fully saturated rings. The van der Waals surface area contributed by atoms with Gasteiger partial charge in [-0.2, -0.15) is 13.2 Å². The molecule has 0 bridgehead atoms. The first-order valence-electron chi connectivity index (χ1n) is 8.10. The molecule has 2 rings (SSSR count). The van der Waals surface area contributed by atoms with E-state index in [1.54, 1.807) is 36.4 Å². The van der Waals surface area contributed by atoms with Crippen molar-refractivity contribution in [2.24, 2.45) is 0 Å². The smallest absolute Gasteiger partial charge is 0.416 e. The van der Waals surface area contributed by atoms with Gasteiger partial charge in [0.25, 0.3) is 0 Å². The molecule has 0 aliphatic carbocycles. The van der Waals surface area contributed by atoms with Gasteiger partial charge in [-0.05, 0) is 32.0 Å². The molecule has 11 heteroatoms. The molecule has 7 nitrogen and oxygen atoms in total. The summed E-state index contributed by atoms with van der Waals surface area (Å²) in [4.78, 5) is 26.3. The monoisotopic (exact) mass is 521 g/mol. The number of hydrogen-bond donors (Lipinski definition) is 0. The van der Waals surface area contributed by atoms with E-state index in [0.717, 1.165) is 24.5 Å². The predicted molar refractivity (Wildman–Crippen MR) is 106 cm³/mol. The van der Waals surface area contributed by atoms with E-state index in [0.29, 0.717) is 0 Å². The number of nitrogens with zero attached hydrogens (tertiary/aromatic N) is 3. The van der Waals surface area contributed by atoms with Crippen LogP contribution in [0.3, 0.4) is 0 Å². The zero-order valence-corrected chi connectivity index (χ0v) is 17.3. The normalized spacial score (nSPS) is 12.1. The van der Waals surface area contributed by atoms with Crippen LogP contribution in [0.25, 0.3) is 17.6 Å². The Bertz CT molecular complexity index is 952. The quantitative estimate of drug-likeness (QED) is 0.178. The Morgan fingerprint density at radius 1 is 1.21 bits per heavy atom. The number of rotatable bonds is 7. The Hall–Kier alpha value is -2.70. The van der Waals surface area contributed by atoms with E-state index in [2.05, 4.69) is 10.1 Å². The number of carbonyl (C=O) groups excluding carboxylic acids is 2. The largest absolute Gasteiger partial charge is 0.465 e. The van der Waals surface area contributed by atoms with Gasteiger partial charge in [0.05, 0.1) is 24.0 Å². The minimum Gasteiger partial charge on any atom is -0.465 e. The summed E-state index contributed by atoms with van der Waals surface area (Å²) < 4.78 is 50.6. The maximum Gasteiger partial charge on any atom is 0.416 e. The molecule has 29 heavy (non-hydrogen) atoms. The van der Waals surface area contributed by atoms with Gasteiger partial charge in [0.15, 0.2) is 5.82 Å². The Morgan fingerprint density at radius 3 is 2.55 bits per heavy atom. The van der Waals surface area contributed by atoms with Crippen molar-refractivity contribution in [3.8, 4) is 17.1 Å². The molecular weight excluding hydrogens is 506 g/mol. The number of hydrogen-bond acceptors (Lipinski definition) is 6. The van der Waals surface area contributed by atoms with Crippen molar-refractivity contribution in [3.05, 3.63) is 48.5 Å². The molecule has 0 unspecified atom stereocenters. The summed E-state index contributed by atoms with van der Waals surface area (Å²) in [5, 5.41) is 4.01. The molecular formula is C18H15F3IN3O4. The molecule has 1 heterocycles. The highest BCUT2D eigenvalue weighted by Gasteiger charge is 2.32. The van der Waals surface area contributed by atoms with Gasteiger partial charge in [0.1, 0.15) is 12.1 Å². The third-order valence-corrected chi connectivity index (χ3v) is 3.48. The zero-order valence-electron chi connectivity index (χ0n) is 15.2. The molecule has 0 saturated heterocycles. The van der Waals surface area contributed by atoms with E-state index < -0.39 is 17.7 Å². The molecule has 1 aromatic carbocycles. The molecule has 0 atom stereocenters. The maximum absolute atomic E-state index is 13.2. The van der Waals surface area contributed by atoms with Crippen LogP contribution in [-0.4, -0.2) is 30.6 Å². The van der Waals surface area contributed by atoms with Crippen LogP contribution in [0.5, 0.6) is 5.75 Å². The van der Waals surface area contributed by atoms with Gasteiger partial charge in [-0.15, -0.1) is 5.10 Å². The first-order valence-corrected chi connectivity index (χ1v) is 9.18. The molecule has 2 aromatic rings. The Morgan fingerprint density at radius 2 is 1.93 bits per heavy atom. The standard InChI is InChI=1S/C18H15F3IN3O4/c1-11(2)29-16(27)4-6-28-14-8-12(7-13(9-14)18(19,20)21)17-23-10-25(24-17)5-3-15(22)26/h3-11H,1-2H3/b5-3-,6-4+. The summed E-state index contributed by atoms with van der Waals surface area (Å²) in [6.07, 6.45) is 0.701. The van der Waals surface area contributed by atoms with Gasteiger partial charge in [-0.25, -0.2) is 14.5 Å². The lowest BCUT2D eigenvalue weighted by molar-refractivity contribution is -0.141. The molecule has 0 spiro atoms. The van der Waals surface area contributed by atoms with E-state index >= 15 is 0 Å². The van der Waals surface area contributed by atoms with Crippen molar-refractivity contribution >= 4 is 38.6 Å². The number of halogens is 4. The van der Waals surface area contributed by atoms with Crippen LogP contribution in [0, 0.1) is 0 Å². The predicted octanol–water partition coefficient (Wildman–Crippen LogP) is 4.24. The van der Waals surface area contributed by atoms with Crippen LogP contribution in [-0.2, 0) is 20.5 Å². The molecule has 154 valence electrons. The number of aromatic nitrogens is 3. The van der Waals surface area contributed by atoms with Crippen LogP contribution < -0.4 is 4.74 Å². The second-order valence-corrected chi connectivity index (χ2v) is 6.88. The lowest BCUT2D eigenvalue weighted by Gasteiger charge is -2.10. The molecule has 0 amide bonds. The number of carbonyl (C=O) groups is 2. The lowest BCUT2D eigenvalue weighted by atomic mass is 10.1. The summed E-state index contributed by atoms with van der Waals surface area (Å²) in [5.74, 6) is -0.864. The SMILES string of the molecule is CC(C)OC(=O)/C=C/Oc1cc(-c2ncn(/C=C\C(=O)I)n2)cc(C(F)(F)F)c1. The third-order valence-electron chi connectivity index (χ3n) is 3.12. The number of allylic oxidation sites excluding steroid dienone is 1. The number of alkyl halides is 3. The molecule has 0 radical (unpaired) electrons. The van der Waals surface area contributed by atoms with Gasteiger partial charge in [-0.3, -0.25) is 4.79 Å². The fourth-order valence-electron chi connectivity index (χ4n) is 2.01. The molecule has 0 aliphatic rings.